The van der Waals surface area contributed by atoms with Crippen LogP contribution in [0.3, 0.4) is 0 Å². The molecule has 1 aromatic heterocycles. The standard InChI is InChI=1S/C11H10FN3OS/c1-15-7-13-14-11(15)17-6-10(16)8-3-2-4-9(12)5-8/h2-5,7H,6H2,1H3. The van der Waals surface area contributed by atoms with Crippen molar-refractivity contribution in [3.63, 3.8) is 0 Å². The lowest BCUT2D eigenvalue weighted by molar-refractivity contribution is 0.102. The molecule has 2 rings (SSSR count). The maximum Gasteiger partial charge on any atom is 0.191 e. The molecule has 0 aliphatic carbocycles. The smallest absolute Gasteiger partial charge is 0.191 e. The zero-order chi connectivity index (χ0) is 12.3. The van der Waals surface area contributed by atoms with Crippen molar-refractivity contribution in [3.05, 3.63) is 42.0 Å². The molecule has 1 heterocycles. The molecule has 0 radical (unpaired) electrons. The van der Waals surface area contributed by atoms with Gasteiger partial charge in [0.25, 0.3) is 0 Å². The van der Waals surface area contributed by atoms with Crippen molar-refractivity contribution in [2.24, 2.45) is 7.05 Å². The van der Waals surface area contributed by atoms with E-state index in [-0.39, 0.29) is 11.5 Å². The number of nitrogens with zero attached hydrogens (tertiary/aromatic N) is 3. The van der Waals surface area contributed by atoms with Crippen LogP contribution in [-0.4, -0.2) is 26.3 Å². The van der Waals surface area contributed by atoms with Crippen molar-refractivity contribution in [1.82, 2.24) is 14.8 Å². The van der Waals surface area contributed by atoms with Crippen LogP contribution in [0.5, 0.6) is 0 Å². The van der Waals surface area contributed by atoms with Gasteiger partial charge in [0.2, 0.25) is 0 Å². The van der Waals surface area contributed by atoms with E-state index in [2.05, 4.69) is 10.2 Å². The first-order chi connectivity index (χ1) is 8.16. The second-order valence-corrected chi connectivity index (χ2v) is 4.39. The summed E-state index contributed by atoms with van der Waals surface area (Å²) < 4.78 is 14.6. The van der Waals surface area contributed by atoms with E-state index >= 15 is 0 Å². The van der Waals surface area contributed by atoms with Crippen LogP contribution in [0.15, 0.2) is 35.7 Å². The van der Waals surface area contributed by atoms with Crippen LogP contribution in [-0.2, 0) is 7.05 Å². The molecule has 0 amide bonds. The molecule has 0 spiro atoms. The van der Waals surface area contributed by atoms with Gasteiger partial charge in [0.1, 0.15) is 12.1 Å². The first kappa shape index (κ1) is 11.8. The van der Waals surface area contributed by atoms with Crippen LogP contribution >= 0.6 is 11.8 Å². The second kappa shape index (κ2) is 5.09. The summed E-state index contributed by atoms with van der Waals surface area (Å²) in [5.41, 5.74) is 0.375. The van der Waals surface area contributed by atoms with Gasteiger partial charge in [-0.3, -0.25) is 4.79 Å². The van der Waals surface area contributed by atoms with Gasteiger partial charge in [-0.05, 0) is 12.1 Å². The minimum atomic E-state index is -0.403. The summed E-state index contributed by atoms with van der Waals surface area (Å²) in [6.07, 6.45) is 1.56. The molecule has 2 aromatic rings. The predicted octanol–water partition coefficient (Wildman–Crippen LogP) is 1.93. The Labute approximate surface area is 102 Å². The summed E-state index contributed by atoms with van der Waals surface area (Å²) in [5, 5.41) is 8.22. The number of hydrogen-bond donors (Lipinski definition) is 0. The lowest BCUT2D eigenvalue weighted by Crippen LogP contribution is -2.03. The molecule has 0 fully saturated rings. The maximum absolute atomic E-state index is 12.9. The molecular formula is C11H10FN3OS. The number of benzene rings is 1. The lowest BCUT2D eigenvalue weighted by atomic mass is 10.1. The molecule has 0 N–H and O–H groups in total. The number of Topliss-reactive ketones (excluding diaryl/α,β-unsaturated/α-hetero) is 1. The number of ketones is 1. The lowest BCUT2D eigenvalue weighted by Gasteiger charge is -2.01. The summed E-state index contributed by atoms with van der Waals surface area (Å²) in [5.74, 6) is -0.312. The van der Waals surface area contributed by atoms with Crippen molar-refractivity contribution in [2.75, 3.05) is 5.75 Å². The summed E-state index contributed by atoms with van der Waals surface area (Å²) in [6, 6.07) is 5.67. The van der Waals surface area contributed by atoms with E-state index in [4.69, 9.17) is 0 Å². The van der Waals surface area contributed by atoms with Crippen LogP contribution < -0.4 is 0 Å². The van der Waals surface area contributed by atoms with Gasteiger partial charge >= 0.3 is 0 Å². The highest BCUT2D eigenvalue weighted by molar-refractivity contribution is 7.99. The van der Waals surface area contributed by atoms with Crippen LogP contribution in [0.25, 0.3) is 0 Å². The molecule has 0 bridgehead atoms. The van der Waals surface area contributed by atoms with E-state index in [0.29, 0.717) is 10.7 Å². The third-order valence-electron chi connectivity index (χ3n) is 2.15. The van der Waals surface area contributed by atoms with E-state index in [9.17, 15) is 9.18 Å². The maximum atomic E-state index is 12.9. The Morgan fingerprint density at radius 1 is 1.53 bits per heavy atom. The highest BCUT2D eigenvalue weighted by Gasteiger charge is 2.09. The van der Waals surface area contributed by atoms with Crippen molar-refractivity contribution in [1.29, 1.82) is 0 Å². The Morgan fingerprint density at radius 3 is 3.00 bits per heavy atom. The third-order valence-corrected chi connectivity index (χ3v) is 3.18. The zero-order valence-corrected chi connectivity index (χ0v) is 9.95. The molecular weight excluding hydrogens is 241 g/mol. The summed E-state index contributed by atoms with van der Waals surface area (Å²) in [6.45, 7) is 0. The highest BCUT2D eigenvalue weighted by Crippen LogP contribution is 2.15. The largest absolute Gasteiger partial charge is 0.312 e. The Morgan fingerprint density at radius 2 is 2.35 bits per heavy atom. The summed E-state index contributed by atoms with van der Waals surface area (Å²) >= 11 is 1.28. The fraction of sp³-hybridized carbons (Fsp3) is 0.182. The molecule has 0 aliphatic heterocycles. The van der Waals surface area contributed by atoms with E-state index in [0.717, 1.165) is 0 Å². The normalized spacial score (nSPS) is 10.5. The highest BCUT2D eigenvalue weighted by atomic mass is 32.2. The summed E-state index contributed by atoms with van der Waals surface area (Å²) in [7, 11) is 1.80. The second-order valence-electron chi connectivity index (χ2n) is 3.45. The van der Waals surface area contributed by atoms with Gasteiger partial charge < -0.3 is 4.57 Å². The van der Waals surface area contributed by atoms with Crippen LogP contribution in [0.2, 0.25) is 0 Å². The van der Waals surface area contributed by atoms with E-state index in [1.165, 1.54) is 30.0 Å². The summed E-state index contributed by atoms with van der Waals surface area (Å²) in [4.78, 5) is 11.8. The number of halogens is 1. The van der Waals surface area contributed by atoms with Gasteiger partial charge in [-0.1, -0.05) is 23.9 Å². The molecule has 0 atom stereocenters. The number of thioether (sulfide) groups is 1. The fourth-order valence-electron chi connectivity index (χ4n) is 1.28. The Kier molecular flexibility index (Phi) is 3.53. The van der Waals surface area contributed by atoms with Crippen molar-refractivity contribution in [2.45, 2.75) is 5.16 Å². The van der Waals surface area contributed by atoms with Gasteiger partial charge in [-0.25, -0.2) is 4.39 Å². The first-order valence-electron chi connectivity index (χ1n) is 4.92. The number of carbonyl (C=O) groups excluding carboxylic acids is 1. The topological polar surface area (TPSA) is 47.8 Å². The molecule has 17 heavy (non-hydrogen) atoms. The van der Waals surface area contributed by atoms with Crippen molar-refractivity contribution in [3.8, 4) is 0 Å². The molecule has 0 saturated heterocycles. The quantitative estimate of drug-likeness (QED) is 0.615. The SMILES string of the molecule is Cn1cnnc1SCC(=O)c1cccc(F)c1. The molecule has 88 valence electrons. The van der Waals surface area contributed by atoms with Gasteiger partial charge in [-0.15, -0.1) is 10.2 Å². The molecule has 0 aliphatic rings. The average Bonchev–Trinajstić information content (AvgIpc) is 2.72. The Balaban J connectivity index is 2.01. The van der Waals surface area contributed by atoms with Crippen molar-refractivity contribution < 1.29 is 9.18 Å². The van der Waals surface area contributed by atoms with Gasteiger partial charge in [0.15, 0.2) is 10.9 Å². The minimum Gasteiger partial charge on any atom is -0.312 e. The number of aromatic nitrogens is 3. The van der Waals surface area contributed by atoms with Crippen LogP contribution in [0, 0.1) is 5.82 Å². The number of carbonyl (C=O) groups is 1. The molecule has 6 heteroatoms. The average molecular weight is 251 g/mol. The minimum absolute atomic E-state index is 0.127. The monoisotopic (exact) mass is 251 g/mol. The van der Waals surface area contributed by atoms with Gasteiger partial charge in [-0.2, -0.15) is 0 Å². The molecule has 0 saturated carbocycles. The van der Waals surface area contributed by atoms with E-state index in [1.807, 2.05) is 0 Å². The molecule has 4 nitrogen and oxygen atoms in total. The van der Waals surface area contributed by atoms with Crippen LogP contribution in [0.1, 0.15) is 10.4 Å². The Bertz CT molecular complexity index is 541. The first-order valence-corrected chi connectivity index (χ1v) is 5.91. The Hall–Kier alpha value is -1.69. The van der Waals surface area contributed by atoms with Gasteiger partial charge in [0.05, 0.1) is 5.75 Å². The third kappa shape index (κ3) is 2.91. The number of rotatable bonds is 4. The zero-order valence-electron chi connectivity index (χ0n) is 9.13. The molecule has 1 aromatic carbocycles. The van der Waals surface area contributed by atoms with Crippen molar-refractivity contribution >= 4 is 17.5 Å². The van der Waals surface area contributed by atoms with E-state index < -0.39 is 5.82 Å². The fourth-order valence-corrected chi connectivity index (χ4v) is 2.06. The van der Waals surface area contributed by atoms with E-state index in [1.54, 1.807) is 24.0 Å². The number of aryl methyl sites for hydroxylation is 1. The number of hydrogen-bond acceptors (Lipinski definition) is 4. The molecule has 0 unspecified atom stereocenters. The predicted molar refractivity (Wildman–Crippen MR) is 62.5 cm³/mol. The van der Waals surface area contributed by atoms with Crippen LogP contribution in [0.4, 0.5) is 4.39 Å². The van der Waals surface area contributed by atoms with Gasteiger partial charge in [0, 0.05) is 12.6 Å².